The molecule has 70 valence electrons. The van der Waals surface area contributed by atoms with E-state index in [1.54, 1.807) is 0 Å². The van der Waals surface area contributed by atoms with Gasteiger partial charge in [0.05, 0.1) is 6.10 Å². The number of hydrogen-bond acceptors (Lipinski definition) is 2. The molecule has 2 rings (SSSR count). The van der Waals surface area contributed by atoms with Crippen LogP contribution in [0.15, 0.2) is 24.3 Å². The van der Waals surface area contributed by atoms with Crippen molar-refractivity contribution >= 4 is 0 Å². The molecule has 2 heteroatoms. The lowest BCUT2D eigenvalue weighted by molar-refractivity contribution is 0.0643. The lowest BCUT2D eigenvalue weighted by atomic mass is 9.98. The molecule has 0 spiro atoms. The highest BCUT2D eigenvalue weighted by molar-refractivity contribution is 5.36. The minimum atomic E-state index is -0.352. The van der Waals surface area contributed by atoms with Crippen LogP contribution in [0.4, 0.5) is 0 Å². The fraction of sp³-hybridized carbons (Fsp3) is 0.455. The van der Waals surface area contributed by atoms with Crippen LogP contribution < -0.4 is 4.74 Å². The summed E-state index contributed by atoms with van der Waals surface area (Å²) >= 11 is 0. The summed E-state index contributed by atoms with van der Waals surface area (Å²) < 4.78 is 5.69. The van der Waals surface area contributed by atoms with E-state index in [0.717, 1.165) is 17.7 Å². The van der Waals surface area contributed by atoms with E-state index in [4.69, 9.17) is 4.74 Å². The third-order valence-corrected chi connectivity index (χ3v) is 2.51. The molecule has 1 aromatic carbocycles. The molecule has 2 nitrogen and oxygen atoms in total. The third kappa shape index (κ3) is 1.54. The second kappa shape index (κ2) is 3.38. The summed E-state index contributed by atoms with van der Waals surface area (Å²) in [6, 6.07) is 7.70. The summed E-state index contributed by atoms with van der Waals surface area (Å²) in [7, 11) is 0. The molecule has 1 aliphatic rings. The van der Waals surface area contributed by atoms with Crippen LogP contribution >= 0.6 is 0 Å². The first-order chi connectivity index (χ1) is 6.31. The van der Waals surface area contributed by atoms with Crippen molar-refractivity contribution in [2.45, 2.75) is 32.0 Å². The van der Waals surface area contributed by atoms with Crippen LogP contribution in [0.3, 0.4) is 0 Å². The van der Waals surface area contributed by atoms with Crippen molar-refractivity contribution < 1.29 is 9.84 Å². The molecule has 0 aromatic heterocycles. The monoisotopic (exact) mass is 178 g/mol. The summed E-state index contributed by atoms with van der Waals surface area (Å²) in [6.07, 6.45) is 1.48. The molecule has 0 bridgehead atoms. The molecular weight excluding hydrogens is 164 g/mol. The number of rotatable bonds is 1. The third-order valence-electron chi connectivity index (χ3n) is 2.51. The van der Waals surface area contributed by atoms with Gasteiger partial charge in [0.1, 0.15) is 11.9 Å². The van der Waals surface area contributed by atoms with Crippen molar-refractivity contribution in [3.63, 3.8) is 0 Å². The Labute approximate surface area is 78.2 Å². The second-order valence-corrected chi connectivity index (χ2v) is 3.44. The average molecular weight is 178 g/mol. The standard InChI is InChI=1S/C11H14O2/c1-2-8-7-10(12)9-5-3-4-6-11(9)13-8/h3-6,8,10,12H,2,7H2,1H3. The van der Waals surface area contributed by atoms with Gasteiger partial charge >= 0.3 is 0 Å². The van der Waals surface area contributed by atoms with Crippen LogP contribution in [0.2, 0.25) is 0 Å². The van der Waals surface area contributed by atoms with Crippen LogP contribution in [0.1, 0.15) is 31.4 Å². The van der Waals surface area contributed by atoms with E-state index in [0.29, 0.717) is 6.42 Å². The maximum absolute atomic E-state index is 9.78. The fourth-order valence-electron chi connectivity index (χ4n) is 1.72. The summed E-state index contributed by atoms with van der Waals surface area (Å²) in [5, 5.41) is 9.78. The maximum Gasteiger partial charge on any atom is 0.125 e. The first-order valence-corrected chi connectivity index (χ1v) is 4.75. The lowest BCUT2D eigenvalue weighted by Crippen LogP contribution is -2.24. The largest absolute Gasteiger partial charge is 0.490 e. The fourth-order valence-corrected chi connectivity index (χ4v) is 1.72. The first kappa shape index (κ1) is 8.57. The highest BCUT2D eigenvalue weighted by atomic mass is 16.5. The molecule has 0 amide bonds. The van der Waals surface area contributed by atoms with Gasteiger partial charge in [-0.3, -0.25) is 0 Å². The number of aliphatic hydroxyl groups is 1. The van der Waals surface area contributed by atoms with E-state index in [9.17, 15) is 5.11 Å². The zero-order valence-electron chi connectivity index (χ0n) is 7.73. The van der Waals surface area contributed by atoms with E-state index < -0.39 is 0 Å². The van der Waals surface area contributed by atoms with Gasteiger partial charge in [-0.15, -0.1) is 0 Å². The number of para-hydroxylation sites is 1. The van der Waals surface area contributed by atoms with Crippen LogP contribution in [0, 0.1) is 0 Å². The molecule has 2 unspecified atom stereocenters. The number of fused-ring (bicyclic) bond motifs is 1. The minimum absolute atomic E-state index is 0.171. The van der Waals surface area contributed by atoms with Gasteiger partial charge in [-0.25, -0.2) is 0 Å². The van der Waals surface area contributed by atoms with E-state index in [2.05, 4.69) is 6.92 Å². The van der Waals surface area contributed by atoms with Crippen molar-refractivity contribution in [3.05, 3.63) is 29.8 Å². The molecule has 1 aromatic rings. The van der Waals surface area contributed by atoms with Gasteiger partial charge in [-0.05, 0) is 12.5 Å². The number of aliphatic hydroxyl groups excluding tert-OH is 1. The molecule has 1 N–H and O–H groups in total. The zero-order chi connectivity index (χ0) is 9.26. The average Bonchev–Trinajstić information content (AvgIpc) is 2.18. The Hall–Kier alpha value is -1.02. The van der Waals surface area contributed by atoms with Crippen LogP contribution in [-0.4, -0.2) is 11.2 Å². The Bertz CT molecular complexity index is 296. The Morgan fingerprint density at radius 2 is 2.23 bits per heavy atom. The molecule has 0 aliphatic carbocycles. The SMILES string of the molecule is CCC1CC(O)c2ccccc2O1. The molecule has 0 fully saturated rings. The van der Waals surface area contributed by atoms with Gasteiger partial charge in [0, 0.05) is 12.0 Å². The number of hydrogen-bond donors (Lipinski definition) is 1. The van der Waals surface area contributed by atoms with Crippen molar-refractivity contribution in [3.8, 4) is 5.75 Å². The summed E-state index contributed by atoms with van der Waals surface area (Å²) in [5.41, 5.74) is 0.923. The number of ether oxygens (including phenoxy) is 1. The van der Waals surface area contributed by atoms with Crippen molar-refractivity contribution in [1.82, 2.24) is 0 Å². The van der Waals surface area contributed by atoms with Crippen molar-refractivity contribution in [1.29, 1.82) is 0 Å². The molecule has 2 atom stereocenters. The van der Waals surface area contributed by atoms with Gasteiger partial charge in [0.25, 0.3) is 0 Å². The molecule has 0 saturated carbocycles. The first-order valence-electron chi connectivity index (χ1n) is 4.75. The molecule has 1 aliphatic heterocycles. The van der Waals surface area contributed by atoms with Crippen molar-refractivity contribution in [2.24, 2.45) is 0 Å². The molecule has 0 saturated heterocycles. The highest BCUT2D eigenvalue weighted by Crippen LogP contribution is 2.34. The topological polar surface area (TPSA) is 29.5 Å². The van der Waals surface area contributed by atoms with E-state index >= 15 is 0 Å². The quantitative estimate of drug-likeness (QED) is 0.714. The van der Waals surface area contributed by atoms with Gasteiger partial charge in [-0.2, -0.15) is 0 Å². The summed E-state index contributed by atoms with van der Waals surface area (Å²) in [6.45, 7) is 2.07. The number of benzene rings is 1. The van der Waals surface area contributed by atoms with Gasteiger partial charge in [0.15, 0.2) is 0 Å². The van der Waals surface area contributed by atoms with Gasteiger partial charge in [-0.1, -0.05) is 25.1 Å². The Kier molecular flexibility index (Phi) is 2.23. The second-order valence-electron chi connectivity index (χ2n) is 3.44. The predicted octanol–water partition coefficient (Wildman–Crippen LogP) is 2.28. The maximum atomic E-state index is 9.78. The minimum Gasteiger partial charge on any atom is -0.490 e. The molecule has 0 radical (unpaired) electrons. The molecule has 13 heavy (non-hydrogen) atoms. The van der Waals surface area contributed by atoms with Crippen molar-refractivity contribution in [2.75, 3.05) is 0 Å². The van der Waals surface area contributed by atoms with Crippen LogP contribution in [-0.2, 0) is 0 Å². The van der Waals surface area contributed by atoms with Crippen LogP contribution in [0.25, 0.3) is 0 Å². The van der Waals surface area contributed by atoms with Gasteiger partial charge < -0.3 is 9.84 Å². The Balaban J connectivity index is 2.31. The van der Waals surface area contributed by atoms with E-state index in [1.807, 2.05) is 24.3 Å². The van der Waals surface area contributed by atoms with Gasteiger partial charge in [0.2, 0.25) is 0 Å². The summed E-state index contributed by atoms with van der Waals surface area (Å²) in [5.74, 6) is 0.841. The van der Waals surface area contributed by atoms with E-state index in [-0.39, 0.29) is 12.2 Å². The van der Waals surface area contributed by atoms with E-state index in [1.165, 1.54) is 0 Å². The smallest absolute Gasteiger partial charge is 0.125 e. The summed E-state index contributed by atoms with van der Waals surface area (Å²) in [4.78, 5) is 0. The predicted molar refractivity (Wildman–Crippen MR) is 50.7 cm³/mol. The Morgan fingerprint density at radius 3 is 3.00 bits per heavy atom. The highest BCUT2D eigenvalue weighted by Gasteiger charge is 2.24. The normalized spacial score (nSPS) is 26.3. The lowest BCUT2D eigenvalue weighted by Gasteiger charge is -2.28. The Morgan fingerprint density at radius 1 is 1.46 bits per heavy atom. The zero-order valence-corrected chi connectivity index (χ0v) is 7.73. The van der Waals surface area contributed by atoms with Crippen LogP contribution in [0.5, 0.6) is 5.75 Å². The molecule has 1 heterocycles. The molecular formula is C11H14O2.